The number of carbonyl (C=O) groups excluding carboxylic acids is 2. The van der Waals surface area contributed by atoms with Crippen LogP contribution in [0.4, 0.5) is 11.6 Å². The number of hydrogen-bond donors (Lipinski definition) is 3. The molecule has 2 amide bonds. The van der Waals surface area contributed by atoms with Crippen LogP contribution in [0.1, 0.15) is 60.6 Å². The molecule has 0 bridgehead atoms. The van der Waals surface area contributed by atoms with Crippen molar-refractivity contribution in [2.75, 3.05) is 5.32 Å². The minimum atomic E-state index is -0.285. The zero-order valence-corrected chi connectivity index (χ0v) is 23.0. The number of fused-ring (bicyclic) bond motifs is 1. The molecule has 5 rings (SSSR count). The summed E-state index contributed by atoms with van der Waals surface area (Å²) < 4.78 is 1.92. The Morgan fingerprint density at radius 2 is 1.82 bits per heavy atom. The van der Waals surface area contributed by atoms with Gasteiger partial charge < -0.3 is 20.5 Å². The fraction of sp³-hybridized carbons (Fsp3) is 0.333. The van der Waals surface area contributed by atoms with Crippen LogP contribution >= 0.6 is 11.6 Å². The number of anilines is 2. The Hall–Kier alpha value is -3.91. The molecule has 202 valence electrons. The smallest absolute Gasteiger partial charge is 0.251 e. The van der Waals surface area contributed by atoms with Crippen molar-refractivity contribution in [2.45, 2.75) is 52.1 Å². The van der Waals surface area contributed by atoms with Crippen LogP contribution in [0.3, 0.4) is 0 Å². The van der Waals surface area contributed by atoms with Gasteiger partial charge in [0.1, 0.15) is 0 Å². The highest BCUT2D eigenvalue weighted by Gasteiger charge is 2.34. The topological polar surface area (TPSA) is 101 Å². The van der Waals surface area contributed by atoms with E-state index in [0.29, 0.717) is 40.8 Å². The summed E-state index contributed by atoms with van der Waals surface area (Å²) in [6.45, 7) is 2.85. The molecule has 8 nitrogen and oxygen atoms in total. The van der Waals surface area contributed by atoms with E-state index in [-0.39, 0.29) is 17.2 Å². The molecule has 9 heteroatoms. The molecule has 0 unspecified atom stereocenters. The predicted molar refractivity (Wildman–Crippen MR) is 154 cm³/mol. The third-order valence-corrected chi connectivity index (χ3v) is 7.86. The molecule has 3 N–H and O–H groups in total. The molecule has 2 aromatic carbocycles. The summed E-state index contributed by atoms with van der Waals surface area (Å²) in [6, 6.07) is 16.7. The van der Waals surface area contributed by atoms with Crippen LogP contribution in [0.15, 0.2) is 60.8 Å². The van der Waals surface area contributed by atoms with Crippen molar-refractivity contribution in [3.05, 3.63) is 82.6 Å². The Morgan fingerprint density at radius 3 is 2.59 bits per heavy atom. The average molecular weight is 545 g/mol. The number of rotatable bonds is 8. The van der Waals surface area contributed by atoms with Gasteiger partial charge in [-0.15, -0.1) is 0 Å². The van der Waals surface area contributed by atoms with Gasteiger partial charge in [-0.25, -0.2) is 4.98 Å². The molecule has 1 aliphatic rings. The van der Waals surface area contributed by atoms with Gasteiger partial charge in [-0.2, -0.15) is 0 Å². The Bertz CT molecular complexity index is 1490. The number of benzene rings is 2. The first kappa shape index (κ1) is 26.7. The number of nitrogens with zero attached hydrogens (tertiary/aromatic N) is 3. The maximum Gasteiger partial charge on any atom is 0.251 e. The first-order valence-corrected chi connectivity index (χ1v) is 13.7. The standard InChI is InChI=1S/C30H33ClN6O2/c1-30(13-5-3-6-14-30)28(39)34-18-20-9-11-23(31)24(16-20)35-29-36-25-17-21(10-12-26(25)37(29)2)27(38)33-19-22-8-4-7-15-32-22/h4,7-12,15-17H,3,5-6,13-14,18-19H2,1-2H3,(H,33,38)(H,34,39)(H,35,36). The first-order chi connectivity index (χ1) is 18.8. The summed E-state index contributed by atoms with van der Waals surface area (Å²) in [7, 11) is 1.90. The molecule has 2 heterocycles. The number of aryl methyl sites for hydroxylation is 1. The maximum absolute atomic E-state index is 12.9. The lowest BCUT2D eigenvalue weighted by molar-refractivity contribution is -0.132. The zero-order chi connectivity index (χ0) is 27.4. The summed E-state index contributed by atoms with van der Waals surface area (Å²) in [5, 5.41) is 9.89. The van der Waals surface area contributed by atoms with Crippen molar-refractivity contribution in [3.63, 3.8) is 0 Å². The highest BCUT2D eigenvalue weighted by Crippen LogP contribution is 2.36. The molecule has 39 heavy (non-hydrogen) atoms. The van der Waals surface area contributed by atoms with E-state index in [0.717, 1.165) is 42.5 Å². The molecular weight excluding hydrogens is 512 g/mol. The molecule has 0 atom stereocenters. The third kappa shape index (κ3) is 6.06. The van der Waals surface area contributed by atoms with E-state index in [2.05, 4.69) is 27.9 Å². The lowest BCUT2D eigenvalue weighted by Crippen LogP contribution is -2.39. The molecular formula is C30H33ClN6O2. The predicted octanol–water partition coefficient (Wildman–Crippen LogP) is 5.88. The SMILES string of the molecule is Cn1c(Nc2cc(CNC(=O)C3(C)CCCCC3)ccc2Cl)nc2cc(C(=O)NCc3ccccn3)ccc21. The molecule has 1 saturated carbocycles. The van der Waals surface area contributed by atoms with Crippen LogP contribution < -0.4 is 16.0 Å². The lowest BCUT2D eigenvalue weighted by Gasteiger charge is -2.32. The van der Waals surface area contributed by atoms with Crippen LogP contribution in [0, 0.1) is 5.41 Å². The summed E-state index contributed by atoms with van der Waals surface area (Å²) in [5.41, 5.74) is 4.22. The van der Waals surface area contributed by atoms with Gasteiger partial charge in [0.05, 0.1) is 34.0 Å². The van der Waals surface area contributed by atoms with E-state index in [1.54, 1.807) is 18.3 Å². The maximum atomic E-state index is 12.9. The average Bonchev–Trinajstić information content (AvgIpc) is 3.26. The Morgan fingerprint density at radius 1 is 1.00 bits per heavy atom. The summed E-state index contributed by atoms with van der Waals surface area (Å²) in [5.74, 6) is 0.512. The molecule has 1 aliphatic carbocycles. The van der Waals surface area contributed by atoms with Gasteiger partial charge in [0.2, 0.25) is 11.9 Å². The number of carbonyl (C=O) groups is 2. The molecule has 0 radical (unpaired) electrons. The van der Waals surface area contributed by atoms with Crippen LogP contribution in [0.25, 0.3) is 11.0 Å². The van der Waals surface area contributed by atoms with Crippen LogP contribution in [0.2, 0.25) is 5.02 Å². The fourth-order valence-corrected chi connectivity index (χ4v) is 5.25. The van der Waals surface area contributed by atoms with Crippen molar-refractivity contribution in [3.8, 4) is 0 Å². The van der Waals surface area contributed by atoms with E-state index >= 15 is 0 Å². The number of halogens is 1. The van der Waals surface area contributed by atoms with Gasteiger partial charge in [-0.3, -0.25) is 14.6 Å². The normalized spacial score (nSPS) is 14.6. The number of hydrogen-bond acceptors (Lipinski definition) is 5. The van der Waals surface area contributed by atoms with Crippen molar-refractivity contribution in [1.29, 1.82) is 0 Å². The second-order valence-corrected chi connectivity index (χ2v) is 10.9. The van der Waals surface area contributed by atoms with Crippen molar-refractivity contribution >= 4 is 46.1 Å². The third-order valence-electron chi connectivity index (χ3n) is 7.53. The summed E-state index contributed by atoms with van der Waals surface area (Å²) in [6.07, 6.45) is 6.99. The summed E-state index contributed by atoms with van der Waals surface area (Å²) in [4.78, 5) is 34.5. The summed E-state index contributed by atoms with van der Waals surface area (Å²) >= 11 is 6.51. The Kier molecular flexibility index (Phi) is 7.84. The molecule has 0 aliphatic heterocycles. The molecule has 4 aromatic rings. The largest absolute Gasteiger partial charge is 0.352 e. The molecule has 0 spiro atoms. The van der Waals surface area contributed by atoms with Crippen LogP contribution in [0.5, 0.6) is 0 Å². The second-order valence-electron chi connectivity index (χ2n) is 10.4. The highest BCUT2D eigenvalue weighted by atomic mass is 35.5. The first-order valence-electron chi connectivity index (χ1n) is 13.3. The molecule has 1 fully saturated rings. The number of aromatic nitrogens is 3. The number of pyridine rings is 1. The lowest BCUT2D eigenvalue weighted by atomic mass is 9.75. The number of nitrogens with one attached hydrogen (secondary N) is 3. The van der Waals surface area contributed by atoms with Gasteiger partial charge in [0, 0.05) is 30.8 Å². The Balaban J connectivity index is 1.28. The molecule has 0 saturated heterocycles. The number of amides is 2. The van der Waals surface area contributed by atoms with Gasteiger partial charge >= 0.3 is 0 Å². The minimum absolute atomic E-state index is 0.113. The van der Waals surface area contributed by atoms with E-state index in [1.807, 2.05) is 54.1 Å². The van der Waals surface area contributed by atoms with Crippen molar-refractivity contribution in [1.82, 2.24) is 25.2 Å². The van der Waals surface area contributed by atoms with E-state index in [1.165, 1.54) is 6.42 Å². The monoisotopic (exact) mass is 544 g/mol. The van der Waals surface area contributed by atoms with Crippen molar-refractivity contribution < 1.29 is 9.59 Å². The molecule has 2 aromatic heterocycles. The quantitative estimate of drug-likeness (QED) is 0.257. The van der Waals surface area contributed by atoms with Crippen molar-refractivity contribution in [2.24, 2.45) is 12.5 Å². The zero-order valence-electron chi connectivity index (χ0n) is 22.3. The van der Waals surface area contributed by atoms with E-state index in [9.17, 15) is 9.59 Å². The minimum Gasteiger partial charge on any atom is -0.352 e. The highest BCUT2D eigenvalue weighted by molar-refractivity contribution is 6.33. The van der Waals surface area contributed by atoms with Crippen LogP contribution in [-0.4, -0.2) is 26.3 Å². The Labute approximate surface area is 233 Å². The van der Waals surface area contributed by atoms with Gasteiger partial charge in [0.15, 0.2) is 0 Å². The van der Waals surface area contributed by atoms with Gasteiger partial charge in [-0.05, 0) is 60.9 Å². The van der Waals surface area contributed by atoms with Gasteiger partial charge in [0.25, 0.3) is 5.91 Å². The fourth-order valence-electron chi connectivity index (χ4n) is 5.08. The second kappa shape index (κ2) is 11.5. The van der Waals surface area contributed by atoms with E-state index < -0.39 is 0 Å². The number of imidazole rings is 1. The van der Waals surface area contributed by atoms with Gasteiger partial charge in [-0.1, -0.05) is 49.9 Å². The van der Waals surface area contributed by atoms with Crippen LogP contribution in [-0.2, 0) is 24.9 Å². The van der Waals surface area contributed by atoms with E-state index in [4.69, 9.17) is 16.6 Å².